The Morgan fingerprint density at radius 1 is 1.22 bits per heavy atom. The normalized spacial score (nSPS) is 14.3. The topological polar surface area (TPSA) is 129 Å². The monoisotopic (exact) mass is 525 g/mol. The molecule has 1 aliphatic heterocycles. The first-order valence-corrected chi connectivity index (χ1v) is 11.7. The van der Waals surface area contributed by atoms with Crippen molar-refractivity contribution < 1.29 is 9.53 Å². The van der Waals surface area contributed by atoms with Crippen LogP contribution in [0.5, 0.6) is 5.75 Å². The number of H-pyrrole nitrogens is 1. The van der Waals surface area contributed by atoms with Crippen LogP contribution in [0.25, 0.3) is 16.7 Å². The third kappa shape index (κ3) is 4.18. The van der Waals surface area contributed by atoms with Gasteiger partial charge >= 0.3 is 5.69 Å². The average molecular weight is 526 g/mol. The summed E-state index contributed by atoms with van der Waals surface area (Å²) in [6.07, 6.45) is 1.43. The van der Waals surface area contributed by atoms with Crippen molar-refractivity contribution in [2.24, 2.45) is 0 Å². The highest BCUT2D eigenvalue weighted by Crippen LogP contribution is 2.39. The van der Waals surface area contributed by atoms with Gasteiger partial charge in [0.2, 0.25) is 11.9 Å². The lowest BCUT2D eigenvalue weighted by Gasteiger charge is -2.39. The molecule has 12 heteroatoms. The smallest absolute Gasteiger partial charge is 0.333 e. The Labute approximate surface area is 215 Å². The molecule has 2 aromatic carbocycles. The molecule has 184 valence electrons. The van der Waals surface area contributed by atoms with E-state index in [1.54, 1.807) is 41.3 Å². The number of rotatable bonds is 3. The van der Waals surface area contributed by atoms with E-state index in [0.717, 1.165) is 4.57 Å². The summed E-state index contributed by atoms with van der Waals surface area (Å²) in [6, 6.07) is 10.1. The lowest BCUT2D eigenvalue weighted by Crippen LogP contribution is -2.48. The molecule has 3 N–H and O–H groups in total. The van der Waals surface area contributed by atoms with E-state index in [1.165, 1.54) is 13.1 Å². The molecule has 0 spiro atoms. The third-order valence-electron chi connectivity index (χ3n) is 5.67. The molecule has 1 amide bonds. The van der Waals surface area contributed by atoms with Gasteiger partial charge < -0.3 is 15.0 Å². The molecular formula is C24H21Cl2N7O3. The standard InChI is InChI=1S/C24H21Cl2N7O3/c1-12(34)32-11-24(2,3)36-18-8-7-13(9-17(18)32)29-22-28-10-14-20(27)33(23(35)31-21(14)30-22)19-15(25)5-4-6-16(19)26/h4-10,27H,11H2,1-3H3,(H2,28,29,30,31,35). The number of benzene rings is 2. The number of nitrogens with zero attached hydrogens (tertiary/aromatic N) is 4. The summed E-state index contributed by atoms with van der Waals surface area (Å²) < 4.78 is 7.09. The van der Waals surface area contributed by atoms with Gasteiger partial charge in [-0.1, -0.05) is 29.3 Å². The fourth-order valence-electron chi connectivity index (χ4n) is 4.10. The molecule has 1 aliphatic rings. The van der Waals surface area contributed by atoms with Crippen molar-refractivity contribution in [1.29, 1.82) is 5.41 Å². The number of hydrogen-bond acceptors (Lipinski definition) is 7. The Kier molecular flexibility index (Phi) is 5.73. The number of carbonyl (C=O) groups is 1. The van der Waals surface area contributed by atoms with Crippen molar-refractivity contribution in [3.63, 3.8) is 0 Å². The zero-order valence-electron chi connectivity index (χ0n) is 19.5. The number of fused-ring (bicyclic) bond motifs is 2. The van der Waals surface area contributed by atoms with Crippen LogP contribution < -0.4 is 26.1 Å². The maximum atomic E-state index is 12.9. The van der Waals surface area contributed by atoms with Gasteiger partial charge in [-0.2, -0.15) is 4.98 Å². The van der Waals surface area contributed by atoms with E-state index in [2.05, 4.69) is 20.3 Å². The number of para-hydroxylation sites is 1. The van der Waals surface area contributed by atoms with Crippen molar-refractivity contribution in [3.05, 3.63) is 68.6 Å². The van der Waals surface area contributed by atoms with Crippen LogP contribution in [0.15, 0.2) is 47.4 Å². The maximum Gasteiger partial charge on any atom is 0.333 e. The Bertz CT molecular complexity index is 1640. The van der Waals surface area contributed by atoms with E-state index in [0.29, 0.717) is 29.1 Å². The van der Waals surface area contributed by atoms with Crippen molar-refractivity contribution >= 4 is 57.5 Å². The largest absolute Gasteiger partial charge is 0.484 e. The molecule has 36 heavy (non-hydrogen) atoms. The second-order valence-corrected chi connectivity index (χ2v) is 9.73. The minimum Gasteiger partial charge on any atom is -0.484 e. The van der Waals surface area contributed by atoms with Crippen molar-refractivity contribution in [2.45, 2.75) is 26.4 Å². The first kappa shape index (κ1) is 23.8. The van der Waals surface area contributed by atoms with E-state index < -0.39 is 11.3 Å². The molecule has 0 radical (unpaired) electrons. The Balaban J connectivity index is 1.53. The second kappa shape index (κ2) is 8.65. The zero-order chi connectivity index (χ0) is 25.8. The number of hydrogen-bond donors (Lipinski definition) is 3. The van der Waals surface area contributed by atoms with E-state index in [1.807, 2.05) is 13.8 Å². The second-order valence-electron chi connectivity index (χ2n) is 8.91. The molecule has 2 aromatic heterocycles. The number of amides is 1. The van der Waals surface area contributed by atoms with Crippen LogP contribution >= 0.6 is 23.2 Å². The number of nitrogens with one attached hydrogen (secondary N) is 3. The highest BCUT2D eigenvalue weighted by molar-refractivity contribution is 6.37. The van der Waals surface area contributed by atoms with Gasteiger partial charge in [-0.15, -0.1) is 0 Å². The highest BCUT2D eigenvalue weighted by atomic mass is 35.5. The van der Waals surface area contributed by atoms with Crippen molar-refractivity contribution in [1.82, 2.24) is 19.5 Å². The fourth-order valence-corrected chi connectivity index (χ4v) is 4.67. The van der Waals surface area contributed by atoms with Gasteiger partial charge in [0.05, 0.1) is 33.4 Å². The summed E-state index contributed by atoms with van der Waals surface area (Å²) in [7, 11) is 0. The number of ether oxygens (including phenoxy) is 1. The van der Waals surface area contributed by atoms with Crippen LogP contribution in [0.1, 0.15) is 20.8 Å². The van der Waals surface area contributed by atoms with E-state index in [4.69, 9.17) is 33.3 Å². The summed E-state index contributed by atoms with van der Waals surface area (Å²) in [6.45, 7) is 5.76. The molecule has 0 saturated carbocycles. The lowest BCUT2D eigenvalue weighted by molar-refractivity contribution is -0.117. The van der Waals surface area contributed by atoms with Crippen molar-refractivity contribution in [3.8, 4) is 11.4 Å². The molecule has 0 atom stereocenters. The molecule has 0 bridgehead atoms. The van der Waals surface area contributed by atoms with Gasteiger partial charge in [0.15, 0.2) is 5.65 Å². The van der Waals surface area contributed by atoms with Crippen LogP contribution in [0.2, 0.25) is 10.0 Å². The molecule has 5 rings (SSSR count). The Morgan fingerprint density at radius 3 is 2.64 bits per heavy atom. The summed E-state index contributed by atoms with van der Waals surface area (Å²) in [5.41, 5.74) is 0.303. The van der Waals surface area contributed by atoms with Crippen LogP contribution in [0, 0.1) is 5.41 Å². The van der Waals surface area contributed by atoms with Crippen LogP contribution in [-0.4, -0.2) is 37.6 Å². The third-order valence-corrected chi connectivity index (χ3v) is 6.28. The Morgan fingerprint density at radius 2 is 1.94 bits per heavy atom. The number of aromatic nitrogens is 4. The number of halogens is 2. The SMILES string of the molecule is CC(=O)N1CC(C)(C)Oc2ccc(Nc3ncc4c(=N)n(-c5c(Cl)cccc5Cl)c(=O)[nH]c4n3)cc21. The van der Waals surface area contributed by atoms with Crippen LogP contribution in [-0.2, 0) is 4.79 Å². The van der Waals surface area contributed by atoms with Gasteiger partial charge in [-0.3, -0.25) is 15.2 Å². The number of anilines is 3. The summed E-state index contributed by atoms with van der Waals surface area (Å²) in [4.78, 5) is 38.1. The molecule has 3 heterocycles. The molecule has 10 nitrogen and oxygen atoms in total. The first-order chi connectivity index (χ1) is 17.0. The van der Waals surface area contributed by atoms with E-state index in [-0.39, 0.29) is 38.7 Å². The van der Waals surface area contributed by atoms with Gasteiger partial charge in [0, 0.05) is 18.8 Å². The highest BCUT2D eigenvalue weighted by Gasteiger charge is 2.33. The molecule has 0 unspecified atom stereocenters. The molecule has 0 aliphatic carbocycles. The number of carbonyl (C=O) groups excluding carboxylic acids is 1. The predicted molar refractivity (Wildman–Crippen MR) is 138 cm³/mol. The van der Waals surface area contributed by atoms with E-state index in [9.17, 15) is 9.59 Å². The fraction of sp³-hybridized carbons (Fsp3) is 0.208. The lowest BCUT2D eigenvalue weighted by atomic mass is 10.0. The summed E-state index contributed by atoms with van der Waals surface area (Å²) in [5.74, 6) is 0.689. The zero-order valence-corrected chi connectivity index (χ0v) is 21.0. The minimum atomic E-state index is -0.627. The first-order valence-electron chi connectivity index (χ1n) is 10.9. The Hall–Kier alpha value is -3.89. The predicted octanol–water partition coefficient (Wildman–Crippen LogP) is 4.16. The molecule has 4 aromatic rings. The summed E-state index contributed by atoms with van der Waals surface area (Å²) >= 11 is 12.5. The number of aromatic amines is 1. The summed E-state index contributed by atoms with van der Waals surface area (Å²) in [5, 5.41) is 12.4. The van der Waals surface area contributed by atoms with Gasteiger partial charge in [0.1, 0.15) is 16.8 Å². The van der Waals surface area contributed by atoms with Gasteiger partial charge in [-0.05, 0) is 44.2 Å². The van der Waals surface area contributed by atoms with Gasteiger partial charge in [-0.25, -0.2) is 14.3 Å². The van der Waals surface area contributed by atoms with Gasteiger partial charge in [0.25, 0.3) is 0 Å². The maximum absolute atomic E-state index is 12.9. The van der Waals surface area contributed by atoms with Crippen LogP contribution in [0.3, 0.4) is 0 Å². The van der Waals surface area contributed by atoms with E-state index >= 15 is 0 Å². The minimum absolute atomic E-state index is 0.0980. The molecule has 0 fully saturated rings. The molecular weight excluding hydrogens is 505 g/mol. The quantitative estimate of drug-likeness (QED) is 0.368. The average Bonchev–Trinajstić information content (AvgIpc) is 2.80. The van der Waals surface area contributed by atoms with Crippen LogP contribution in [0.4, 0.5) is 17.3 Å². The molecule has 0 saturated heterocycles. The van der Waals surface area contributed by atoms with Crippen molar-refractivity contribution in [2.75, 3.05) is 16.8 Å².